The minimum Gasteiger partial charge on any atom is -0.493 e. The van der Waals surface area contributed by atoms with Crippen LogP contribution in [0.5, 0.6) is 11.5 Å². The Kier molecular flexibility index (Phi) is 6.89. The Morgan fingerprint density at radius 3 is 2.07 bits per heavy atom. The van der Waals surface area contributed by atoms with E-state index in [1.54, 1.807) is 0 Å². The van der Waals surface area contributed by atoms with Crippen LogP contribution in [0.2, 0.25) is 0 Å². The molecule has 0 aromatic heterocycles. The molecule has 0 radical (unpaired) electrons. The van der Waals surface area contributed by atoms with E-state index in [1.807, 2.05) is 65.8 Å². The van der Waals surface area contributed by atoms with E-state index < -0.39 is 5.41 Å². The molecule has 0 atom stereocenters. The Labute approximate surface area is 162 Å². The molecule has 2 rings (SSSR count). The molecule has 0 N–H and O–H groups in total. The van der Waals surface area contributed by atoms with Crippen LogP contribution < -0.4 is 9.62 Å². The first-order valence-corrected chi connectivity index (χ1v) is 9.35. The number of hydrogen-bond acceptors (Lipinski definition) is 4. The third kappa shape index (κ3) is 6.02. The van der Waals surface area contributed by atoms with Crippen molar-refractivity contribution < 1.29 is 19.3 Å². The van der Waals surface area contributed by atoms with Crippen molar-refractivity contribution in [2.75, 3.05) is 6.61 Å². The summed E-state index contributed by atoms with van der Waals surface area (Å²) in [5.41, 5.74) is 3.61. The normalized spacial score (nSPS) is 11.2. The maximum absolute atomic E-state index is 12.4. The van der Waals surface area contributed by atoms with Crippen LogP contribution in [0, 0.1) is 33.1 Å². The summed E-state index contributed by atoms with van der Waals surface area (Å²) in [4.78, 5) is 22.8. The lowest BCUT2D eigenvalue weighted by Crippen LogP contribution is -2.28. The zero-order valence-corrected chi connectivity index (χ0v) is 17.2. The van der Waals surface area contributed by atoms with Crippen molar-refractivity contribution in [2.45, 2.75) is 54.4 Å². The van der Waals surface area contributed by atoms with Crippen molar-refractivity contribution in [1.29, 1.82) is 0 Å². The third-order valence-electron chi connectivity index (χ3n) is 4.65. The molecule has 0 spiro atoms. The number of carbonyl (C=O) groups excluding carboxylic acids is 1. The lowest BCUT2D eigenvalue weighted by Gasteiger charge is -2.21. The van der Waals surface area contributed by atoms with E-state index in [2.05, 4.69) is 12.1 Å². The van der Waals surface area contributed by atoms with Gasteiger partial charge in [-0.2, -0.15) is 0 Å². The third-order valence-corrected chi connectivity index (χ3v) is 4.65. The van der Waals surface area contributed by atoms with E-state index in [0.717, 1.165) is 28.9 Å². The van der Waals surface area contributed by atoms with E-state index >= 15 is 0 Å². The monoisotopic (exact) mass is 370 g/mol. The largest absolute Gasteiger partial charge is 0.493 e. The van der Waals surface area contributed by atoms with Crippen molar-refractivity contribution >= 4 is 5.97 Å². The number of hydrogen-bond donors (Lipinski definition) is 0. The second-order valence-electron chi connectivity index (χ2n) is 7.83. The molecule has 0 unspecified atom stereocenters. The summed E-state index contributed by atoms with van der Waals surface area (Å²) in [5, 5.41) is 0. The summed E-state index contributed by atoms with van der Waals surface area (Å²) >= 11 is 0. The van der Waals surface area contributed by atoms with Crippen LogP contribution in [0.1, 0.15) is 48.9 Å². The second-order valence-corrected chi connectivity index (χ2v) is 7.83. The molecule has 4 heteroatoms. The van der Waals surface area contributed by atoms with Gasteiger partial charge in [0.25, 0.3) is 0 Å². The number of rotatable bonds is 8. The Morgan fingerprint density at radius 1 is 0.889 bits per heavy atom. The predicted octanol–water partition coefficient (Wildman–Crippen LogP) is 5.64. The molecule has 27 heavy (non-hydrogen) atoms. The van der Waals surface area contributed by atoms with Gasteiger partial charge in [0.2, 0.25) is 0 Å². The van der Waals surface area contributed by atoms with Crippen LogP contribution in [-0.4, -0.2) is 12.6 Å². The van der Waals surface area contributed by atoms with E-state index in [9.17, 15) is 4.79 Å². The van der Waals surface area contributed by atoms with Gasteiger partial charge in [-0.3, -0.25) is 4.89 Å². The standard InChI is InChI=1S/C23H30O4/c1-16-8-10-18(3)20(14-16)25-13-7-12-23(5,6)22(24)27-26-21-15-17(2)9-11-19(21)4/h8-11,14-15H,7,12-13H2,1-6H3. The summed E-state index contributed by atoms with van der Waals surface area (Å²) in [5.74, 6) is 1.08. The molecular weight excluding hydrogens is 340 g/mol. The SMILES string of the molecule is Cc1ccc(C)c(OCCCC(C)(C)C(=O)OOc2cc(C)ccc2C)c1. The van der Waals surface area contributed by atoms with Gasteiger partial charge in [0.1, 0.15) is 5.75 Å². The maximum Gasteiger partial charge on any atom is 0.360 e. The zero-order valence-electron chi connectivity index (χ0n) is 17.2. The lowest BCUT2D eigenvalue weighted by molar-refractivity contribution is -0.224. The lowest BCUT2D eigenvalue weighted by atomic mass is 9.88. The van der Waals surface area contributed by atoms with Crippen LogP contribution in [0.25, 0.3) is 0 Å². The molecule has 0 saturated heterocycles. The fourth-order valence-corrected chi connectivity index (χ4v) is 2.65. The van der Waals surface area contributed by atoms with E-state index in [-0.39, 0.29) is 5.97 Å². The molecule has 4 nitrogen and oxygen atoms in total. The highest BCUT2D eigenvalue weighted by molar-refractivity contribution is 5.75. The summed E-state index contributed by atoms with van der Waals surface area (Å²) in [6.45, 7) is 12.2. The van der Waals surface area contributed by atoms with Gasteiger partial charge >= 0.3 is 5.97 Å². The highest BCUT2D eigenvalue weighted by Gasteiger charge is 2.30. The fourth-order valence-electron chi connectivity index (χ4n) is 2.65. The van der Waals surface area contributed by atoms with Crippen molar-refractivity contribution in [3.8, 4) is 11.5 Å². The first-order valence-electron chi connectivity index (χ1n) is 9.35. The van der Waals surface area contributed by atoms with Gasteiger partial charge in [-0.25, -0.2) is 9.68 Å². The molecule has 0 heterocycles. The maximum atomic E-state index is 12.4. The topological polar surface area (TPSA) is 44.8 Å². The van der Waals surface area contributed by atoms with Crippen molar-refractivity contribution in [1.82, 2.24) is 0 Å². The molecule has 2 aromatic rings. The molecule has 0 saturated carbocycles. The molecule has 2 aromatic carbocycles. The van der Waals surface area contributed by atoms with Gasteiger partial charge in [-0.15, -0.1) is 0 Å². The van der Waals surface area contributed by atoms with Crippen molar-refractivity contribution in [2.24, 2.45) is 5.41 Å². The highest BCUT2D eigenvalue weighted by atomic mass is 17.2. The second kappa shape index (κ2) is 8.94. The van der Waals surface area contributed by atoms with E-state index in [1.165, 1.54) is 5.56 Å². The minimum absolute atomic E-state index is 0.379. The number of ether oxygens (including phenoxy) is 1. The first-order chi connectivity index (χ1) is 12.7. The Balaban J connectivity index is 1.81. The Bertz CT molecular complexity index is 793. The number of carbonyl (C=O) groups is 1. The first kappa shape index (κ1) is 20.8. The molecule has 0 aliphatic heterocycles. The molecule has 0 amide bonds. The van der Waals surface area contributed by atoms with Crippen molar-refractivity contribution in [3.05, 3.63) is 58.7 Å². The summed E-state index contributed by atoms with van der Waals surface area (Å²) in [6, 6.07) is 11.9. The van der Waals surface area contributed by atoms with Gasteiger partial charge in [0, 0.05) is 0 Å². The molecule has 0 fully saturated rings. The van der Waals surface area contributed by atoms with Gasteiger partial charge in [0.05, 0.1) is 12.0 Å². The van der Waals surface area contributed by atoms with Gasteiger partial charge in [0.15, 0.2) is 5.75 Å². The summed E-state index contributed by atoms with van der Waals surface area (Å²) in [6.07, 6.45) is 1.39. The molecule has 146 valence electrons. The van der Waals surface area contributed by atoms with E-state index in [4.69, 9.17) is 14.5 Å². The van der Waals surface area contributed by atoms with Crippen molar-refractivity contribution in [3.63, 3.8) is 0 Å². The summed E-state index contributed by atoms with van der Waals surface area (Å²) < 4.78 is 5.87. The van der Waals surface area contributed by atoms with Crippen LogP contribution >= 0.6 is 0 Å². The molecule has 0 aliphatic rings. The quantitative estimate of drug-likeness (QED) is 0.342. The van der Waals surface area contributed by atoms with E-state index in [0.29, 0.717) is 18.8 Å². The molecule has 0 aliphatic carbocycles. The van der Waals surface area contributed by atoms with Gasteiger partial charge in [-0.1, -0.05) is 24.3 Å². The zero-order chi connectivity index (χ0) is 20.0. The molecule has 0 bridgehead atoms. The molecular formula is C23H30O4. The fraction of sp³-hybridized carbons (Fsp3) is 0.435. The van der Waals surface area contributed by atoms with Crippen LogP contribution in [-0.2, 0) is 9.68 Å². The predicted molar refractivity (Wildman–Crippen MR) is 107 cm³/mol. The Morgan fingerprint density at radius 2 is 1.44 bits per heavy atom. The minimum atomic E-state index is -0.650. The number of benzene rings is 2. The number of aryl methyl sites for hydroxylation is 4. The average molecular weight is 370 g/mol. The van der Waals surface area contributed by atoms with Crippen LogP contribution in [0.4, 0.5) is 0 Å². The van der Waals surface area contributed by atoms with Crippen LogP contribution in [0.15, 0.2) is 36.4 Å². The van der Waals surface area contributed by atoms with Gasteiger partial charge in [-0.05, 0) is 88.8 Å². The Hall–Kier alpha value is -2.49. The summed E-state index contributed by atoms with van der Waals surface area (Å²) in [7, 11) is 0. The average Bonchev–Trinajstić information content (AvgIpc) is 2.62. The highest BCUT2D eigenvalue weighted by Crippen LogP contribution is 2.27. The smallest absolute Gasteiger partial charge is 0.360 e. The van der Waals surface area contributed by atoms with Gasteiger partial charge < -0.3 is 4.74 Å². The van der Waals surface area contributed by atoms with Crippen LogP contribution in [0.3, 0.4) is 0 Å².